The number of rotatable bonds is 4. The van der Waals surface area contributed by atoms with Crippen LogP contribution in [0.15, 0.2) is 54.2 Å². The Morgan fingerprint density at radius 3 is 2.55 bits per heavy atom. The predicted molar refractivity (Wildman–Crippen MR) is 96.4 cm³/mol. The smallest absolute Gasteiger partial charge is 0.416 e. The summed E-state index contributed by atoms with van der Waals surface area (Å²) in [7, 11) is 0. The number of halogens is 3. The van der Waals surface area contributed by atoms with E-state index in [1.165, 1.54) is 24.3 Å². The van der Waals surface area contributed by atoms with Gasteiger partial charge in [0.15, 0.2) is 0 Å². The van der Waals surface area contributed by atoms with Gasteiger partial charge in [0, 0.05) is 5.69 Å². The largest absolute Gasteiger partial charge is 0.508 e. The van der Waals surface area contributed by atoms with Crippen LogP contribution in [-0.2, 0) is 15.8 Å². The van der Waals surface area contributed by atoms with Gasteiger partial charge in [-0.05, 0) is 42.0 Å². The maximum atomic E-state index is 12.7. The Hall–Kier alpha value is -3.82. The second kappa shape index (κ2) is 7.66. The summed E-state index contributed by atoms with van der Waals surface area (Å²) in [5, 5.41) is 14.0. The van der Waals surface area contributed by atoms with Gasteiger partial charge in [-0.15, -0.1) is 0 Å². The molecule has 1 aliphatic rings. The van der Waals surface area contributed by atoms with Crippen LogP contribution in [0.5, 0.6) is 5.75 Å². The van der Waals surface area contributed by atoms with Crippen LogP contribution in [0.4, 0.5) is 23.7 Å². The molecule has 10 heteroatoms. The fraction of sp³-hybridized carbons (Fsp3) is 0.105. The minimum atomic E-state index is -4.57. The van der Waals surface area contributed by atoms with E-state index in [0.717, 1.165) is 18.2 Å². The average Bonchev–Trinajstić information content (AvgIpc) is 2.89. The van der Waals surface area contributed by atoms with Crippen LogP contribution in [0.2, 0.25) is 0 Å². The van der Waals surface area contributed by atoms with E-state index in [9.17, 15) is 32.7 Å². The molecule has 7 nitrogen and oxygen atoms in total. The number of phenolic OH excluding ortho intramolecular Hbond substituents is 1. The SMILES string of the molecule is O=C(CN1C(=O)N/C(=C\c2cccc(O)c2)C1=O)Nc1cccc(C(F)(F)F)c1. The molecule has 0 unspecified atom stereocenters. The molecule has 3 N–H and O–H groups in total. The maximum absolute atomic E-state index is 12.7. The first kappa shape index (κ1) is 19.9. The van der Waals surface area contributed by atoms with Crippen LogP contribution >= 0.6 is 0 Å². The van der Waals surface area contributed by atoms with Crippen LogP contribution in [0, 0.1) is 0 Å². The number of anilines is 1. The Morgan fingerprint density at radius 1 is 1.14 bits per heavy atom. The van der Waals surface area contributed by atoms with E-state index >= 15 is 0 Å². The number of hydrogen-bond donors (Lipinski definition) is 3. The molecule has 1 aliphatic heterocycles. The Bertz CT molecular complexity index is 1020. The monoisotopic (exact) mass is 405 g/mol. The average molecular weight is 405 g/mol. The van der Waals surface area contributed by atoms with Crippen LogP contribution in [0.25, 0.3) is 6.08 Å². The van der Waals surface area contributed by atoms with Crippen molar-refractivity contribution < 1.29 is 32.7 Å². The fourth-order valence-corrected chi connectivity index (χ4v) is 2.61. The van der Waals surface area contributed by atoms with Gasteiger partial charge in [-0.2, -0.15) is 13.2 Å². The lowest BCUT2D eigenvalue weighted by Gasteiger charge is -2.13. The van der Waals surface area contributed by atoms with E-state index in [1.807, 2.05) is 0 Å². The number of aromatic hydroxyl groups is 1. The first-order chi connectivity index (χ1) is 13.6. The molecule has 4 amide bonds. The van der Waals surface area contributed by atoms with E-state index in [0.29, 0.717) is 10.5 Å². The highest BCUT2D eigenvalue weighted by atomic mass is 19.4. The van der Waals surface area contributed by atoms with Crippen molar-refractivity contribution >= 4 is 29.6 Å². The van der Waals surface area contributed by atoms with Gasteiger partial charge in [-0.25, -0.2) is 9.69 Å². The van der Waals surface area contributed by atoms with Crippen molar-refractivity contribution in [1.29, 1.82) is 0 Å². The predicted octanol–water partition coefficient (Wildman–Crippen LogP) is 2.94. The highest BCUT2D eigenvalue weighted by Gasteiger charge is 2.35. The molecule has 29 heavy (non-hydrogen) atoms. The van der Waals surface area contributed by atoms with Gasteiger partial charge >= 0.3 is 12.2 Å². The van der Waals surface area contributed by atoms with Crippen LogP contribution in [0.3, 0.4) is 0 Å². The first-order valence-corrected chi connectivity index (χ1v) is 8.24. The zero-order chi connectivity index (χ0) is 21.2. The molecule has 0 bridgehead atoms. The Kier molecular flexibility index (Phi) is 5.26. The molecule has 0 aromatic heterocycles. The zero-order valence-corrected chi connectivity index (χ0v) is 14.7. The van der Waals surface area contributed by atoms with Crippen molar-refractivity contribution in [3.05, 3.63) is 65.4 Å². The molecule has 0 aliphatic carbocycles. The minimum Gasteiger partial charge on any atom is -0.508 e. The lowest BCUT2D eigenvalue weighted by atomic mass is 10.2. The van der Waals surface area contributed by atoms with Crippen molar-refractivity contribution in [2.75, 3.05) is 11.9 Å². The number of phenols is 1. The second-order valence-electron chi connectivity index (χ2n) is 6.10. The van der Waals surface area contributed by atoms with Gasteiger partial charge in [-0.3, -0.25) is 9.59 Å². The molecule has 0 spiro atoms. The summed E-state index contributed by atoms with van der Waals surface area (Å²) < 4.78 is 38.2. The van der Waals surface area contributed by atoms with Gasteiger partial charge in [0.2, 0.25) is 5.91 Å². The number of nitrogens with one attached hydrogen (secondary N) is 2. The number of amides is 4. The van der Waals surface area contributed by atoms with E-state index in [2.05, 4.69) is 10.6 Å². The molecule has 1 saturated heterocycles. The number of alkyl halides is 3. The van der Waals surface area contributed by atoms with Gasteiger partial charge in [0.25, 0.3) is 5.91 Å². The van der Waals surface area contributed by atoms with E-state index < -0.39 is 36.1 Å². The normalized spacial score (nSPS) is 15.6. The number of benzene rings is 2. The van der Waals surface area contributed by atoms with E-state index in [4.69, 9.17) is 0 Å². The van der Waals surface area contributed by atoms with Crippen molar-refractivity contribution in [3.8, 4) is 5.75 Å². The van der Waals surface area contributed by atoms with Crippen LogP contribution in [-0.4, -0.2) is 34.4 Å². The quantitative estimate of drug-likeness (QED) is 0.538. The van der Waals surface area contributed by atoms with Gasteiger partial charge < -0.3 is 15.7 Å². The van der Waals surface area contributed by atoms with Crippen molar-refractivity contribution in [3.63, 3.8) is 0 Å². The Labute approximate surface area is 162 Å². The summed E-state index contributed by atoms with van der Waals surface area (Å²) >= 11 is 0. The molecule has 1 fully saturated rings. The molecule has 0 radical (unpaired) electrons. The minimum absolute atomic E-state index is 0.0338. The van der Waals surface area contributed by atoms with Gasteiger partial charge in [0.1, 0.15) is 18.0 Å². The molecular weight excluding hydrogens is 391 g/mol. The molecule has 3 rings (SSSR count). The number of carbonyl (C=O) groups excluding carboxylic acids is 3. The molecular formula is C19H14F3N3O4. The summed E-state index contributed by atoms with van der Waals surface area (Å²) in [6, 6.07) is 9.08. The fourth-order valence-electron chi connectivity index (χ4n) is 2.61. The van der Waals surface area contributed by atoms with Gasteiger partial charge in [0.05, 0.1) is 5.56 Å². The number of hydrogen-bond acceptors (Lipinski definition) is 4. The zero-order valence-electron chi connectivity index (χ0n) is 14.7. The third kappa shape index (κ3) is 4.72. The lowest BCUT2D eigenvalue weighted by Crippen LogP contribution is -2.38. The van der Waals surface area contributed by atoms with Crippen molar-refractivity contribution in [1.82, 2.24) is 10.2 Å². The van der Waals surface area contributed by atoms with Crippen LogP contribution < -0.4 is 10.6 Å². The molecule has 0 atom stereocenters. The lowest BCUT2D eigenvalue weighted by molar-refractivity contribution is -0.137. The van der Waals surface area contributed by atoms with Crippen LogP contribution in [0.1, 0.15) is 11.1 Å². The summed E-state index contributed by atoms with van der Waals surface area (Å²) in [6.07, 6.45) is -3.25. The maximum Gasteiger partial charge on any atom is 0.416 e. The summed E-state index contributed by atoms with van der Waals surface area (Å²) in [4.78, 5) is 37.1. The molecule has 2 aromatic carbocycles. The third-order valence-electron chi connectivity index (χ3n) is 3.92. The summed E-state index contributed by atoms with van der Waals surface area (Å²) in [6.45, 7) is -0.682. The second-order valence-corrected chi connectivity index (χ2v) is 6.10. The number of carbonyl (C=O) groups is 3. The first-order valence-electron chi connectivity index (χ1n) is 8.24. The molecule has 2 aromatic rings. The summed E-state index contributed by atoms with van der Waals surface area (Å²) in [5.41, 5.74) is -0.717. The Morgan fingerprint density at radius 2 is 1.86 bits per heavy atom. The van der Waals surface area contributed by atoms with Crippen molar-refractivity contribution in [2.24, 2.45) is 0 Å². The number of imide groups is 1. The van der Waals surface area contributed by atoms with E-state index in [-0.39, 0.29) is 17.1 Å². The van der Waals surface area contributed by atoms with Gasteiger partial charge in [-0.1, -0.05) is 18.2 Å². The third-order valence-corrected chi connectivity index (χ3v) is 3.92. The highest BCUT2D eigenvalue weighted by Crippen LogP contribution is 2.30. The van der Waals surface area contributed by atoms with Crippen molar-refractivity contribution in [2.45, 2.75) is 6.18 Å². The molecule has 150 valence electrons. The number of urea groups is 1. The number of nitrogens with zero attached hydrogens (tertiary/aromatic N) is 1. The standard InChI is InChI=1S/C19H14F3N3O4/c20-19(21,22)12-4-2-5-13(9-12)23-16(27)10-25-17(28)15(24-18(25)29)8-11-3-1-6-14(26)7-11/h1-9,26H,10H2,(H,23,27)(H,24,29)/b15-8-. The highest BCUT2D eigenvalue weighted by molar-refractivity contribution is 6.15. The topological polar surface area (TPSA) is 98.7 Å². The van der Waals surface area contributed by atoms with E-state index in [1.54, 1.807) is 12.1 Å². The Balaban J connectivity index is 1.69. The molecule has 0 saturated carbocycles. The molecule has 1 heterocycles. The summed E-state index contributed by atoms with van der Waals surface area (Å²) in [5.74, 6) is -1.66.